The van der Waals surface area contributed by atoms with Crippen LogP contribution in [0.3, 0.4) is 0 Å². The maximum absolute atomic E-state index is 11.2. The third-order valence-corrected chi connectivity index (χ3v) is 5.01. The van der Waals surface area contributed by atoms with E-state index in [1.54, 1.807) is 24.3 Å². The first-order valence-electron chi connectivity index (χ1n) is 8.06. The number of rotatable bonds is 9. The molecule has 0 aromatic heterocycles. The van der Waals surface area contributed by atoms with Crippen LogP contribution < -0.4 is 9.46 Å². The van der Waals surface area contributed by atoms with Crippen LogP contribution in [0.15, 0.2) is 42.5 Å². The van der Waals surface area contributed by atoms with Crippen LogP contribution in [0.1, 0.15) is 5.56 Å². The Balaban J connectivity index is 1.72. The number of likely N-dealkylation sites (N-methyl/N-ethyl adjacent to an activating group) is 1. The fourth-order valence-electron chi connectivity index (χ4n) is 2.28. The van der Waals surface area contributed by atoms with Crippen LogP contribution in [0, 0.1) is 0 Å². The van der Waals surface area contributed by atoms with E-state index in [-0.39, 0.29) is 0 Å². The van der Waals surface area contributed by atoms with Crippen molar-refractivity contribution in [2.75, 3.05) is 37.7 Å². The van der Waals surface area contributed by atoms with Gasteiger partial charge in [-0.1, -0.05) is 29.3 Å². The van der Waals surface area contributed by atoms with Gasteiger partial charge in [0, 0.05) is 18.8 Å². The SMILES string of the molecule is CN(CCOc1ccc(NS(C)(=O)=O)cc1)CCc1ccc(Cl)c(Cl)c1. The number of hydrogen-bond acceptors (Lipinski definition) is 4. The second-order valence-corrected chi connectivity index (χ2v) is 8.61. The molecule has 0 spiro atoms. The Morgan fingerprint density at radius 3 is 2.35 bits per heavy atom. The highest BCUT2D eigenvalue weighted by atomic mass is 35.5. The Hall–Kier alpha value is -1.47. The first kappa shape index (κ1) is 20.8. The van der Waals surface area contributed by atoms with Gasteiger partial charge in [-0.05, 0) is 55.4 Å². The summed E-state index contributed by atoms with van der Waals surface area (Å²) in [5.41, 5.74) is 1.65. The number of ether oxygens (including phenoxy) is 1. The summed E-state index contributed by atoms with van der Waals surface area (Å²) in [7, 11) is -1.24. The zero-order chi connectivity index (χ0) is 19.2. The summed E-state index contributed by atoms with van der Waals surface area (Å²) < 4.78 is 30.4. The van der Waals surface area contributed by atoms with Crippen molar-refractivity contribution in [3.63, 3.8) is 0 Å². The van der Waals surface area contributed by atoms with Gasteiger partial charge in [-0.2, -0.15) is 0 Å². The minimum Gasteiger partial charge on any atom is -0.492 e. The first-order chi connectivity index (χ1) is 12.2. The zero-order valence-corrected chi connectivity index (χ0v) is 17.0. The molecule has 8 heteroatoms. The van der Waals surface area contributed by atoms with E-state index >= 15 is 0 Å². The van der Waals surface area contributed by atoms with Gasteiger partial charge in [-0.3, -0.25) is 4.72 Å². The second kappa shape index (κ2) is 9.46. The van der Waals surface area contributed by atoms with Crippen LogP contribution in [-0.2, 0) is 16.4 Å². The Bertz CT molecular complexity index is 827. The molecular formula is C18H22Cl2N2O3S. The van der Waals surface area contributed by atoms with Gasteiger partial charge in [0.2, 0.25) is 10.0 Å². The van der Waals surface area contributed by atoms with Gasteiger partial charge < -0.3 is 9.64 Å². The molecule has 0 aliphatic heterocycles. The molecule has 2 aromatic rings. The number of nitrogens with zero attached hydrogens (tertiary/aromatic N) is 1. The molecule has 0 saturated heterocycles. The molecule has 0 unspecified atom stereocenters. The van der Waals surface area contributed by atoms with Gasteiger partial charge in [-0.15, -0.1) is 0 Å². The lowest BCUT2D eigenvalue weighted by Crippen LogP contribution is -2.26. The van der Waals surface area contributed by atoms with Crippen LogP contribution in [0.25, 0.3) is 0 Å². The van der Waals surface area contributed by atoms with Crippen LogP contribution in [-0.4, -0.2) is 46.3 Å². The number of benzene rings is 2. The molecular weight excluding hydrogens is 395 g/mol. The molecule has 2 aromatic carbocycles. The summed E-state index contributed by atoms with van der Waals surface area (Å²) in [5.74, 6) is 0.696. The molecule has 0 aliphatic rings. The number of anilines is 1. The predicted octanol–water partition coefficient (Wildman–Crippen LogP) is 3.92. The topological polar surface area (TPSA) is 58.6 Å². The van der Waals surface area contributed by atoms with Gasteiger partial charge in [0.05, 0.1) is 16.3 Å². The molecule has 142 valence electrons. The van der Waals surface area contributed by atoms with E-state index in [2.05, 4.69) is 9.62 Å². The standard InChI is InChI=1S/C18H22Cl2N2O3S/c1-22(10-9-14-3-8-17(19)18(20)13-14)11-12-25-16-6-4-15(5-7-16)21-26(2,23)24/h3-8,13,21H,9-12H2,1-2H3. The lowest BCUT2D eigenvalue weighted by Gasteiger charge is -2.17. The van der Waals surface area contributed by atoms with Crippen LogP contribution >= 0.6 is 23.2 Å². The molecule has 1 N–H and O–H groups in total. The molecule has 0 atom stereocenters. The first-order valence-corrected chi connectivity index (χ1v) is 10.7. The highest BCUT2D eigenvalue weighted by molar-refractivity contribution is 7.92. The number of nitrogens with one attached hydrogen (secondary N) is 1. The van der Waals surface area contributed by atoms with Crippen molar-refractivity contribution in [3.8, 4) is 5.75 Å². The van der Waals surface area contributed by atoms with E-state index in [0.29, 0.717) is 28.1 Å². The van der Waals surface area contributed by atoms with Crippen molar-refractivity contribution in [2.24, 2.45) is 0 Å². The van der Waals surface area contributed by atoms with Gasteiger partial charge >= 0.3 is 0 Å². The van der Waals surface area contributed by atoms with Gasteiger partial charge in [0.15, 0.2) is 0 Å². The number of hydrogen-bond donors (Lipinski definition) is 1. The highest BCUT2D eigenvalue weighted by Gasteiger charge is 2.04. The van der Waals surface area contributed by atoms with Crippen LogP contribution in [0.4, 0.5) is 5.69 Å². The molecule has 26 heavy (non-hydrogen) atoms. The average molecular weight is 417 g/mol. The third-order valence-electron chi connectivity index (χ3n) is 3.67. The fraction of sp³-hybridized carbons (Fsp3) is 0.333. The van der Waals surface area contributed by atoms with Crippen molar-refractivity contribution < 1.29 is 13.2 Å². The third kappa shape index (κ3) is 7.41. The summed E-state index contributed by atoms with van der Waals surface area (Å²) in [6.07, 6.45) is 1.99. The minimum atomic E-state index is -3.27. The Kier molecular flexibility index (Phi) is 7.58. The van der Waals surface area contributed by atoms with Gasteiger partial charge in [0.25, 0.3) is 0 Å². The number of sulfonamides is 1. The Morgan fingerprint density at radius 1 is 1.04 bits per heavy atom. The Morgan fingerprint density at radius 2 is 1.73 bits per heavy atom. The maximum atomic E-state index is 11.2. The average Bonchev–Trinajstić information content (AvgIpc) is 2.56. The molecule has 0 amide bonds. The molecule has 2 rings (SSSR count). The van der Waals surface area contributed by atoms with Gasteiger partial charge in [-0.25, -0.2) is 8.42 Å². The van der Waals surface area contributed by atoms with Crippen molar-refractivity contribution in [2.45, 2.75) is 6.42 Å². The lowest BCUT2D eigenvalue weighted by atomic mass is 10.1. The molecule has 0 saturated carbocycles. The van der Waals surface area contributed by atoms with E-state index in [1.807, 2.05) is 25.2 Å². The van der Waals surface area contributed by atoms with Crippen LogP contribution in [0.5, 0.6) is 5.75 Å². The molecule has 5 nitrogen and oxygen atoms in total. The smallest absolute Gasteiger partial charge is 0.229 e. The minimum absolute atomic E-state index is 0.513. The lowest BCUT2D eigenvalue weighted by molar-refractivity contribution is 0.239. The molecule has 0 heterocycles. The van der Waals surface area contributed by atoms with Crippen molar-refractivity contribution in [1.29, 1.82) is 0 Å². The highest BCUT2D eigenvalue weighted by Crippen LogP contribution is 2.22. The second-order valence-electron chi connectivity index (χ2n) is 6.05. The van der Waals surface area contributed by atoms with E-state index < -0.39 is 10.0 Å². The van der Waals surface area contributed by atoms with Crippen molar-refractivity contribution >= 4 is 38.9 Å². The van der Waals surface area contributed by atoms with E-state index in [0.717, 1.165) is 31.3 Å². The van der Waals surface area contributed by atoms with E-state index in [4.69, 9.17) is 27.9 Å². The Labute approximate surface area is 164 Å². The largest absolute Gasteiger partial charge is 0.492 e. The normalized spacial score (nSPS) is 11.6. The summed E-state index contributed by atoms with van der Waals surface area (Å²) in [5, 5.41) is 1.14. The molecule has 0 fully saturated rings. The summed E-state index contributed by atoms with van der Waals surface area (Å²) in [4.78, 5) is 2.17. The molecule has 0 radical (unpaired) electrons. The van der Waals surface area contributed by atoms with Gasteiger partial charge in [0.1, 0.15) is 12.4 Å². The van der Waals surface area contributed by atoms with E-state index in [9.17, 15) is 8.42 Å². The molecule has 0 bridgehead atoms. The fourth-order valence-corrected chi connectivity index (χ4v) is 3.16. The van der Waals surface area contributed by atoms with Crippen molar-refractivity contribution in [1.82, 2.24) is 4.90 Å². The summed E-state index contributed by atoms with van der Waals surface area (Å²) in [6, 6.07) is 12.5. The summed E-state index contributed by atoms with van der Waals surface area (Å²) >= 11 is 11.9. The quantitative estimate of drug-likeness (QED) is 0.672. The maximum Gasteiger partial charge on any atom is 0.229 e. The van der Waals surface area contributed by atoms with Crippen LogP contribution in [0.2, 0.25) is 10.0 Å². The predicted molar refractivity (Wildman–Crippen MR) is 108 cm³/mol. The monoisotopic (exact) mass is 416 g/mol. The summed E-state index contributed by atoms with van der Waals surface area (Å²) in [6.45, 7) is 2.18. The van der Waals surface area contributed by atoms with E-state index in [1.165, 1.54) is 0 Å². The van der Waals surface area contributed by atoms with Crippen molar-refractivity contribution in [3.05, 3.63) is 58.1 Å². The zero-order valence-electron chi connectivity index (χ0n) is 14.7. The number of halogens is 2. The molecule has 0 aliphatic carbocycles.